The Balaban J connectivity index is 2.70. The average molecular weight is 234 g/mol. The number of halogens is 1. The van der Waals surface area contributed by atoms with E-state index in [4.69, 9.17) is 10.7 Å². The van der Waals surface area contributed by atoms with Crippen LogP contribution in [0.3, 0.4) is 0 Å². The predicted octanol–water partition coefficient (Wildman–Crippen LogP) is 0.722. The van der Waals surface area contributed by atoms with Gasteiger partial charge in [-0.2, -0.15) is 0 Å². The van der Waals surface area contributed by atoms with Gasteiger partial charge < -0.3 is 4.57 Å². The van der Waals surface area contributed by atoms with Gasteiger partial charge in [-0.3, -0.25) is 4.79 Å². The van der Waals surface area contributed by atoms with Crippen molar-refractivity contribution in [2.75, 3.05) is 0 Å². The first-order valence-corrected chi connectivity index (χ1v) is 6.48. The van der Waals surface area contributed by atoms with Gasteiger partial charge >= 0.3 is 0 Å². The molecule has 0 fully saturated rings. The average Bonchev–Trinajstić information content (AvgIpc) is 2.50. The van der Waals surface area contributed by atoms with E-state index in [-0.39, 0.29) is 10.5 Å². The second-order valence-electron chi connectivity index (χ2n) is 3.21. The number of hydrogen-bond acceptors (Lipinski definition) is 3. The fraction of sp³-hybridized carbons (Fsp3) is 0.375. The summed E-state index contributed by atoms with van der Waals surface area (Å²) in [7, 11) is 1.37. The van der Waals surface area contributed by atoms with Crippen molar-refractivity contribution >= 4 is 19.7 Å². The Morgan fingerprint density at radius 2 is 2.07 bits per heavy atom. The molecule has 1 aromatic rings. The van der Waals surface area contributed by atoms with E-state index in [2.05, 4.69) is 0 Å². The van der Waals surface area contributed by atoms with Crippen LogP contribution < -0.4 is 5.56 Å². The lowest BCUT2D eigenvalue weighted by Crippen LogP contribution is -2.19. The first kappa shape index (κ1) is 9.73. The Labute approximate surface area is 85.5 Å². The van der Waals surface area contributed by atoms with Crippen LogP contribution >= 0.6 is 10.7 Å². The molecule has 0 bridgehead atoms. The van der Waals surface area contributed by atoms with Crippen LogP contribution in [-0.2, 0) is 22.0 Å². The van der Waals surface area contributed by atoms with Crippen LogP contribution in [0, 0.1) is 0 Å². The summed E-state index contributed by atoms with van der Waals surface area (Å²) in [6.07, 6.45) is 1.61. The van der Waals surface area contributed by atoms with Crippen molar-refractivity contribution in [1.29, 1.82) is 0 Å². The van der Waals surface area contributed by atoms with Crippen molar-refractivity contribution in [2.24, 2.45) is 0 Å². The maximum atomic E-state index is 11.4. The molecule has 0 amide bonds. The van der Waals surface area contributed by atoms with E-state index in [0.717, 1.165) is 24.6 Å². The minimum atomic E-state index is -3.79. The van der Waals surface area contributed by atoms with Crippen LogP contribution in [-0.4, -0.2) is 13.0 Å². The molecule has 1 aliphatic rings. The summed E-state index contributed by atoms with van der Waals surface area (Å²) in [4.78, 5) is 11.3. The molecule has 0 aliphatic carbocycles. The number of aryl methyl sites for hydroxylation is 1. The second kappa shape index (κ2) is 3.10. The van der Waals surface area contributed by atoms with Gasteiger partial charge in [0.1, 0.15) is 0 Å². The Morgan fingerprint density at radius 1 is 1.36 bits per heavy atom. The lowest BCUT2D eigenvalue weighted by molar-refractivity contribution is 0.608. The number of pyridine rings is 1. The number of nitrogens with zero attached hydrogens (tertiary/aromatic N) is 1. The molecule has 4 nitrogen and oxygen atoms in total. The van der Waals surface area contributed by atoms with E-state index in [9.17, 15) is 13.2 Å². The third-order valence-corrected chi connectivity index (χ3v) is 3.62. The lowest BCUT2D eigenvalue weighted by Gasteiger charge is -2.03. The zero-order valence-electron chi connectivity index (χ0n) is 7.23. The Bertz CT molecular complexity index is 532. The van der Waals surface area contributed by atoms with E-state index in [1.165, 1.54) is 6.07 Å². The Kier molecular flexibility index (Phi) is 2.16. The van der Waals surface area contributed by atoms with Gasteiger partial charge in [0.15, 0.2) is 0 Å². The van der Waals surface area contributed by atoms with Gasteiger partial charge in [-0.05, 0) is 18.9 Å². The highest BCUT2D eigenvalue weighted by Crippen LogP contribution is 2.18. The molecule has 14 heavy (non-hydrogen) atoms. The van der Waals surface area contributed by atoms with Crippen molar-refractivity contribution in [3.8, 4) is 0 Å². The van der Waals surface area contributed by atoms with Crippen molar-refractivity contribution in [1.82, 2.24) is 4.57 Å². The van der Waals surface area contributed by atoms with Gasteiger partial charge in [0, 0.05) is 29.0 Å². The smallest absolute Gasteiger partial charge is 0.261 e. The third-order valence-electron chi connectivity index (χ3n) is 2.28. The Hall–Kier alpha value is -0.810. The predicted molar refractivity (Wildman–Crippen MR) is 52.1 cm³/mol. The van der Waals surface area contributed by atoms with Gasteiger partial charge in [0.2, 0.25) is 0 Å². The summed E-state index contributed by atoms with van der Waals surface area (Å²) in [5, 5.41) is 0. The molecule has 0 saturated carbocycles. The minimum absolute atomic E-state index is 0.0997. The van der Waals surface area contributed by atoms with Crippen molar-refractivity contribution in [3.05, 3.63) is 28.2 Å². The fourth-order valence-corrected chi connectivity index (χ4v) is 2.43. The van der Waals surface area contributed by atoms with Gasteiger partial charge in [0.25, 0.3) is 14.6 Å². The first-order valence-electron chi connectivity index (χ1n) is 4.17. The van der Waals surface area contributed by atoms with Crippen molar-refractivity contribution < 1.29 is 8.42 Å². The summed E-state index contributed by atoms with van der Waals surface area (Å²) in [6.45, 7) is 0.663. The molecule has 0 unspecified atom stereocenters. The van der Waals surface area contributed by atoms with Crippen LogP contribution in [0.1, 0.15) is 12.1 Å². The van der Waals surface area contributed by atoms with Crippen LogP contribution in [0.2, 0.25) is 0 Å². The molecule has 1 aromatic heterocycles. The molecule has 0 spiro atoms. The largest absolute Gasteiger partial charge is 0.313 e. The molecular formula is C8H8ClNO3S. The zero-order chi connectivity index (χ0) is 10.3. The Morgan fingerprint density at radius 3 is 2.71 bits per heavy atom. The molecule has 6 heteroatoms. The molecule has 1 aliphatic heterocycles. The van der Waals surface area contributed by atoms with Crippen molar-refractivity contribution in [2.45, 2.75) is 24.3 Å². The normalized spacial score (nSPS) is 15.5. The molecular weight excluding hydrogens is 226 g/mol. The highest BCUT2D eigenvalue weighted by molar-refractivity contribution is 8.13. The number of rotatable bonds is 1. The third kappa shape index (κ3) is 1.57. The molecule has 0 radical (unpaired) electrons. The maximum Gasteiger partial charge on any atom is 0.261 e. The molecule has 0 saturated heterocycles. The molecule has 0 N–H and O–H groups in total. The number of fused-ring (bicyclic) bond motifs is 1. The minimum Gasteiger partial charge on any atom is -0.313 e. The SMILES string of the molecule is O=c1cc(S(=O)(=O)Cl)cc2n1CCC2. The monoisotopic (exact) mass is 233 g/mol. The molecule has 2 heterocycles. The molecule has 0 atom stereocenters. The van der Waals surface area contributed by atoms with Crippen LogP contribution in [0.25, 0.3) is 0 Å². The fourth-order valence-electron chi connectivity index (χ4n) is 1.64. The highest BCUT2D eigenvalue weighted by atomic mass is 35.7. The number of hydrogen-bond donors (Lipinski definition) is 0. The maximum absolute atomic E-state index is 11.4. The number of aromatic nitrogens is 1. The van der Waals surface area contributed by atoms with Gasteiger partial charge in [0.05, 0.1) is 4.90 Å². The highest BCUT2D eigenvalue weighted by Gasteiger charge is 2.17. The summed E-state index contributed by atoms with van der Waals surface area (Å²) >= 11 is 0. The van der Waals surface area contributed by atoms with Crippen LogP contribution in [0.15, 0.2) is 21.8 Å². The van der Waals surface area contributed by atoms with Gasteiger partial charge in [-0.15, -0.1) is 0 Å². The summed E-state index contributed by atoms with van der Waals surface area (Å²) < 4.78 is 23.6. The van der Waals surface area contributed by atoms with Gasteiger partial charge in [-0.1, -0.05) is 0 Å². The standard InChI is InChI=1S/C8H8ClNO3S/c9-14(12,13)7-4-6-2-1-3-10(6)8(11)5-7/h4-5H,1-3H2. The molecule has 76 valence electrons. The molecule has 0 aromatic carbocycles. The topological polar surface area (TPSA) is 56.1 Å². The summed E-state index contributed by atoms with van der Waals surface area (Å²) in [5.74, 6) is 0. The first-order chi connectivity index (χ1) is 6.48. The summed E-state index contributed by atoms with van der Waals surface area (Å²) in [6, 6.07) is 2.54. The van der Waals surface area contributed by atoms with E-state index >= 15 is 0 Å². The van der Waals surface area contributed by atoms with Crippen LogP contribution in [0.4, 0.5) is 0 Å². The second-order valence-corrected chi connectivity index (χ2v) is 5.78. The quantitative estimate of drug-likeness (QED) is 0.672. The van der Waals surface area contributed by atoms with Crippen molar-refractivity contribution in [3.63, 3.8) is 0 Å². The molecule has 2 rings (SSSR count). The summed E-state index contributed by atoms with van der Waals surface area (Å²) in [5.41, 5.74) is 0.455. The van der Waals surface area contributed by atoms with Crippen LogP contribution in [0.5, 0.6) is 0 Å². The lowest BCUT2D eigenvalue weighted by atomic mass is 10.3. The van der Waals surface area contributed by atoms with E-state index in [1.54, 1.807) is 4.57 Å². The van der Waals surface area contributed by atoms with E-state index in [1.807, 2.05) is 0 Å². The van der Waals surface area contributed by atoms with Gasteiger partial charge in [-0.25, -0.2) is 8.42 Å². The van der Waals surface area contributed by atoms with E-state index in [0.29, 0.717) is 6.54 Å². The van der Waals surface area contributed by atoms with E-state index < -0.39 is 9.05 Å². The zero-order valence-corrected chi connectivity index (χ0v) is 8.81.